The summed E-state index contributed by atoms with van der Waals surface area (Å²) in [7, 11) is -3.42. The zero-order chi connectivity index (χ0) is 15.3. The molecule has 0 radical (unpaired) electrons. The predicted molar refractivity (Wildman–Crippen MR) is 87.3 cm³/mol. The summed E-state index contributed by atoms with van der Waals surface area (Å²) in [5.41, 5.74) is 0. The summed E-state index contributed by atoms with van der Waals surface area (Å²) in [5.74, 6) is 0. The molecule has 0 aliphatic carbocycles. The van der Waals surface area contributed by atoms with Crippen LogP contribution in [0, 0.1) is 0 Å². The maximum absolute atomic E-state index is 12.2. The second-order valence-electron chi connectivity index (χ2n) is 4.86. The van der Waals surface area contributed by atoms with Gasteiger partial charge in [0.05, 0.1) is 9.90 Å². The topological polar surface area (TPSA) is 71.1 Å². The third kappa shape index (κ3) is 5.15. The minimum atomic E-state index is -3.42. The van der Waals surface area contributed by atoms with Gasteiger partial charge in [-0.3, -0.25) is 0 Å². The molecule has 0 amide bonds. The number of hydrogen-bond acceptors (Lipinski definition) is 6. The molecule has 2 rings (SSSR count). The maximum atomic E-state index is 12.2. The Labute approximate surface area is 133 Å². The summed E-state index contributed by atoms with van der Waals surface area (Å²) in [6.45, 7) is 5.18. The third-order valence-electron chi connectivity index (χ3n) is 2.74. The first-order valence-electron chi connectivity index (χ1n) is 6.66. The maximum Gasteiger partial charge on any atom is 0.241 e. The molecule has 5 nitrogen and oxygen atoms in total. The SMILES string of the molecule is CC(C)NCc1cc(S(=O)(=O)NCCc2nccs2)cs1. The Bertz CT molecular complexity index is 648. The van der Waals surface area contributed by atoms with E-state index in [9.17, 15) is 8.42 Å². The van der Waals surface area contributed by atoms with Crippen LogP contribution < -0.4 is 10.0 Å². The average molecular weight is 346 g/mol. The second-order valence-corrected chi connectivity index (χ2v) is 8.60. The lowest BCUT2D eigenvalue weighted by Crippen LogP contribution is -2.25. The Morgan fingerprint density at radius 2 is 2.14 bits per heavy atom. The van der Waals surface area contributed by atoms with Gasteiger partial charge in [-0.25, -0.2) is 18.1 Å². The molecule has 0 saturated carbocycles. The van der Waals surface area contributed by atoms with E-state index in [1.165, 1.54) is 22.7 Å². The molecule has 0 aliphatic rings. The molecule has 2 N–H and O–H groups in total. The van der Waals surface area contributed by atoms with Crippen LogP contribution in [0.3, 0.4) is 0 Å². The van der Waals surface area contributed by atoms with Crippen molar-refractivity contribution in [1.29, 1.82) is 0 Å². The van der Waals surface area contributed by atoms with E-state index >= 15 is 0 Å². The number of hydrogen-bond donors (Lipinski definition) is 2. The van der Waals surface area contributed by atoms with Crippen molar-refractivity contribution in [2.24, 2.45) is 0 Å². The molecule has 0 fully saturated rings. The molecule has 116 valence electrons. The Kier molecular flexibility index (Phi) is 5.88. The fraction of sp³-hybridized carbons (Fsp3) is 0.462. The second kappa shape index (κ2) is 7.46. The lowest BCUT2D eigenvalue weighted by molar-refractivity contribution is 0.581. The standard InChI is InChI=1S/C13H19N3O2S3/c1-10(2)15-8-11-7-12(9-20-11)21(17,18)16-4-3-13-14-5-6-19-13/h5-7,9-10,15-16H,3-4,8H2,1-2H3. The van der Waals surface area contributed by atoms with Gasteiger partial charge < -0.3 is 5.32 Å². The largest absolute Gasteiger partial charge is 0.310 e. The van der Waals surface area contributed by atoms with Gasteiger partial charge in [0, 0.05) is 47.4 Å². The molecule has 2 heterocycles. The number of thiophene rings is 1. The Hall–Kier alpha value is -0.800. The van der Waals surface area contributed by atoms with Crippen LogP contribution in [-0.2, 0) is 23.0 Å². The highest BCUT2D eigenvalue weighted by Gasteiger charge is 2.16. The van der Waals surface area contributed by atoms with Gasteiger partial charge in [-0.2, -0.15) is 0 Å². The number of thiazole rings is 1. The summed E-state index contributed by atoms with van der Waals surface area (Å²) >= 11 is 2.99. The van der Waals surface area contributed by atoms with Crippen LogP contribution in [0.4, 0.5) is 0 Å². The average Bonchev–Trinajstić information content (AvgIpc) is 3.07. The highest BCUT2D eigenvalue weighted by atomic mass is 32.2. The van der Waals surface area contributed by atoms with Gasteiger partial charge in [0.25, 0.3) is 0 Å². The third-order valence-corrected chi connectivity index (χ3v) is 6.10. The van der Waals surface area contributed by atoms with E-state index in [2.05, 4.69) is 28.9 Å². The molecule has 0 atom stereocenters. The van der Waals surface area contributed by atoms with Gasteiger partial charge in [0.1, 0.15) is 0 Å². The van der Waals surface area contributed by atoms with Gasteiger partial charge in [-0.1, -0.05) is 13.8 Å². The van der Waals surface area contributed by atoms with Crippen LogP contribution >= 0.6 is 22.7 Å². The van der Waals surface area contributed by atoms with E-state index < -0.39 is 10.0 Å². The lowest BCUT2D eigenvalue weighted by atomic mass is 10.4. The summed E-state index contributed by atoms with van der Waals surface area (Å²) in [6, 6.07) is 2.11. The summed E-state index contributed by atoms with van der Waals surface area (Å²) < 4.78 is 27.0. The van der Waals surface area contributed by atoms with Crippen molar-refractivity contribution in [2.45, 2.75) is 37.8 Å². The molecule has 0 aliphatic heterocycles. The van der Waals surface area contributed by atoms with Crippen molar-refractivity contribution in [3.63, 3.8) is 0 Å². The molecule has 0 unspecified atom stereocenters. The van der Waals surface area contributed by atoms with Crippen LogP contribution in [0.5, 0.6) is 0 Å². The quantitative estimate of drug-likeness (QED) is 0.770. The van der Waals surface area contributed by atoms with Crippen molar-refractivity contribution in [1.82, 2.24) is 15.0 Å². The first kappa shape index (κ1) is 16.6. The summed E-state index contributed by atoms with van der Waals surface area (Å²) in [5, 5.41) is 7.78. The fourth-order valence-electron chi connectivity index (χ4n) is 1.65. The van der Waals surface area contributed by atoms with Crippen LogP contribution in [0.25, 0.3) is 0 Å². The summed E-state index contributed by atoms with van der Waals surface area (Å²) in [4.78, 5) is 5.49. The molecule has 0 aromatic carbocycles. The molecule has 0 spiro atoms. The molecule has 0 bridgehead atoms. The van der Waals surface area contributed by atoms with Gasteiger partial charge in [0.2, 0.25) is 10.0 Å². The number of nitrogens with zero attached hydrogens (tertiary/aromatic N) is 1. The van der Waals surface area contributed by atoms with E-state index in [1.807, 2.05) is 5.38 Å². The van der Waals surface area contributed by atoms with E-state index in [0.29, 0.717) is 30.4 Å². The highest BCUT2D eigenvalue weighted by Crippen LogP contribution is 2.19. The van der Waals surface area contributed by atoms with Crippen molar-refractivity contribution >= 4 is 32.7 Å². The molecular weight excluding hydrogens is 326 g/mol. The minimum Gasteiger partial charge on any atom is -0.310 e. The lowest BCUT2D eigenvalue weighted by Gasteiger charge is -2.05. The van der Waals surface area contributed by atoms with Gasteiger partial charge in [-0.05, 0) is 6.07 Å². The Morgan fingerprint density at radius 1 is 1.33 bits per heavy atom. The van der Waals surface area contributed by atoms with E-state index in [-0.39, 0.29) is 0 Å². The molecule has 2 aromatic rings. The molecule has 8 heteroatoms. The Balaban J connectivity index is 1.89. The summed E-state index contributed by atoms with van der Waals surface area (Å²) in [6.07, 6.45) is 2.34. The van der Waals surface area contributed by atoms with Crippen molar-refractivity contribution in [3.05, 3.63) is 32.9 Å². The zero-order valence-electron chi connectivity index (χ0n) is 12.0. The Morgan fingerprint density at radius 3 is 2.81 bits per heavy atom. The number of rotatable bonds is 8. The van der Waals surface area contributed by atoms with Crippen LogP contribution in [0.2, 0.25) is 0 Å². The molecule has 0 saturated heterocycles. The van der Waals surface area contributed by atoms with Gasteiger partial charge >= 0.3 is 0 Å². The van der Waals surface area contributed by atoms with E-state index in [4.69, 9.17) is 0 Å². The van der Waals surface area contributed by atoms with Crippen LogP contribution in [0.15, 0.2) is 27.9 Å². The van der Waals surface area contributed by atoms with Crippen LogP contribution in [-0.4, -0.2) is 26.0 Å². The first-order chi connectivity index (χ1) is 9.97. The molecule has 2 aromatic heterocycles. The first-order valence-corrected chi connectivity index (χ1v) is 9.90. The number of nitrogens with one attached hydrogen (secondary N) is 2. The van der Waals surface area contributed by atoms with E-state index in [0.717, 1.165) is 9.88 Å². The van der Waals surface area contributed by atoms with Crippen molar-refractivity contribution in [3.8, 4) is 0 Å². The minimum absolute atomic E-state index is 0.340. The normalized spacial score (nSPS) is 12.1. The molecule has 21 heavy (non-hydrogen) atoms. The van der Waals surface area contributed by atoms with Gasteiger partial charge in [-0.15, -0.1) is 22.7 Å². The smallest absolute Gasteiger partial charge is 0.241 e. The van der Waals surface area contributed by atoms with Gasteiger partial charge in [0.15, 0.2) is 0 Å². The van der Waals surface area contributed by atoms with Crippen molar-refractivity contribution in [2.75, 3.05) is 6.54 Å². The predicted octanol–water partition coefficient (Wildman–Crippen LogP) is 2.22. The van der Waals surface area contributed by atoms with Crippen LogP contribution in [0.1, 0.15) is 23.7 Å². The fourth-order valence-corrected chi connectivity index (χ4v) is 4.53. The highest BCUT2D eigenvalue weighted by molar-refractivity contribution is 7.89. The van der Waals surface area contributed by atoms with E-state index in [1.54, 1.807) is 17.6 Å². The zero-order valence-corrected chi connectivity index (χ0v) is 14.4. The number of sulfonamides is 1. The monoisotopic (exact) mass is 345 g/mol. The molecular formula is C13H19N3O2S3. The van der Waals surface area contributed by atoms with Crippen molar-refractivity contribution < 1.29 is 8.42 Å². The number of aromatic nitrogens is 1.